The molecule has 0 amide bonds. The maximum atomic E-state index is 11.7. The second kappa shape index (κ2) is 5.29. The summed E-state index contributed by atoms with van der Waals surface area (Å²) in [5.41, 5.74) is -0.420. The molecule has 0 aromatic carbocycles. The van der Waals surface area contributed by atoms with Gasteiger partial charge in [-0.1, -0.05) is 0 Å². The Morgan fingerprint density at radius 3 is 2.79 bits per heavy atom. The third-order valence-corrected chi connectivity index (χ3v) is 3.01. The van der Waals surface area contributed by atoms with E-state index in [0.29, 0.717) is 6.42 Å². The van der Waals surface area contributed by atoms with Crippen molar-refractivity contribution >= 4 is 6.16 Å². The summed E-state index contributed by atoms with van der Waals surface area (Å²) in [5, 5.41) is 28.8. The Balaban J connectivity index is 2.11. The van der Waals surface area contributed by atoms with Gasteiger partial charge in [-0.2, -0.15) is 0 Å². The first-order valence-electron chi connectivity index (χ1n) is 5.72. The number of β-amino-alcohol motifs (C(OH)–C–C–N with tert-alkyl or cyclic N) is 1. The van der Waals surface area contributed by atoms with Crippen LogP contribution < -0.4 is 5.56 Å². The van der Waals surface area contributed by atoms with E-state index in [0.717, 1.165) is 11.1 Å². The van der Waals surface area contributed by atoms with E-state index in [-0.39, 0.29) is 18.8 Å². The van der Waals surface area contributed by atoms with Crippen LogP contribution in [0.25, 0.3) is 0 Å². The third kappa shape index (κ3) is 3.04. The third-order valence-electron chi connectivity index (χ3n) is 3.01. The molecule has 1 saturated heterocycles. The Bertz CT molecular complexity index is 528. The number of hydrogen-bond donors (Lipinski definition) is 3. The van der Waals surface area contributed by atoms with Gasteiger partial charge in [0.25, 0.3) is 5.56 Å². The lowest BCUT2D eigenvalue weighted by Crippen LogP contribution is -2.47. The largest absolute Gasteiger partial charge is 0.525 e. The molecule has 0 spiro atoms. The minimum atomic E-state index is -1.44. The molecule has 8 heteroatoms. The van der Waals surface area contributed by atoms with Crippen LogP contribution in [0.3, 0.4) is 0 Å². The van der Waals surface area contributed by atoms with Gasteiger partial charge in [-0.15, -0.1) is 5.06 Å². The van der Waals surface area contributed by atoms with E-state index in [9.17, 15) is 19.8 Å². The van der Waals surface area contributed by atoms with Gasteiger partial charge in [0.2, 0.25) is 0 Å². The van der Waals surface area contributed by atoms with Gasteiger partial charge in [0.15, 0.2) is 0 Å². The van der Waals surface area contributed by atoms with Gasteiger partial charge < -0.3 is 24.7 Å². The first-order chi connectivity index (χ1) is 8.97. The normalized spacial score (nSPS) is 24.1. The van der Waals surface area contributed by atoms with Crippen LogP contribution in [0.5, 0.6) is 5.75 Å². The summed E-state index contributed by atoms with van der Waals surface area (Å²) in [6, 6.07) is 1.95. The zero-order valence-electron chi connectivity index (χ0n) is 9.97. The summed E-state index contributed by atoms with van der Waals surface area (Å²) in [6.45, 7) is 0.269. The van der Waals surface area contributed by atoms with Crippen molar-refractivity contribution < 1.29 is 25.0 Å². The molecule has 2 atom stereocenters. The lowest BCUT2D eigenvalue weighted by Gasteiger charge is -2.34. The molecule has 0 aliphatic carbocycles. The highest BCUT2D eigenvalue weighted by Gasteiger charge is 2.31. The van der Waals surface area contributed by atoms with Crippen LogP contribution in [0.15, 0.2) is 23.1 Å². The predicted octanol–water partition coefficient (Wildman–Crippen LogP) is -0.229. The number of nitrogens with zero attached hydrogens (tertiary/aromatic N) is 2. The quantitative estimate of drug-likeness (QED) is 0.680. The Labute approximate surface area is 108 Å². The summed E-state index contributed by atoms with van der Waals surface area (Å²) in [4.78, 5) is 26.5. The minimum absolute atomic E-state index is 0.00964. The topological polar surface area (TPSA) is 112 Å². The van der Waals surface area contributed by atoms with Crippen molar-refractivity contribution in [2.45, 2.75) is 18.6 Å². The van der Waals surface area contributed by atoms with Crippen molar-refractivity contribution in [3.8, 4) is 5.75 Å². The first kappa shape index (κ1) is 13.4. The number of hydroxylamine groups is 2. The number of aromatic hydroxyl groups is 1. The lowest BCUT2D eigenvalue weighted by atomic mass is 10.0. The van der Waals surface area contributed by atoms with Crippen molar-refractivity contribution in [3.05, 3.63) is 28.7 Å². The average Bonchev–Trinajstić information content (AvgIpc) is 2.30. The van der Waals surface area contributed by atoms with Crippen LogP contribution in [-0.4, -0.2) is 50.3 Å². The van der Waals surface area contributed by atoms with E-state index >= 15 is 0 Å². The SMILES string of the molecule is O=C(O)ON1CCC(n2ccc(O)cc2=O)C(O)C1. The molecule has 2 unspecified atom stereocenters. The molecule has 19 heavy (non-hydrogen) atoms. The van der Waals surface area contributed by atoms with Crippen molar-refractivity contribution in [2.24, 2.45) is 0 Å². The molecule has 2 heterocycles. The highest BCUT2D eigenvalue weighted by molar-refractivity contribution is 5.56. The number of aliphatic hydroxyl groups excluding tert-OH is 1. The summed E-state index contributed by atoms with van der Waals surface area (Å²) in [5.74, 6) is -0.137. The number of pyridine rings is 1. The Morgan fingerprint density at radius 1 is 1.47 bits per heavy atom. The summed E-state index contributed by atoms with van der Waals surface area (Å²) in [6.07, 6.45) is -0.610. The Hall–Kier alpha value is -2.06. The number of aromatic nitrogens is 1. The van der Waals surface area contributed by atoms with Crippen molar-refractivity contribution in [1.82, 2.24) is 9.63 Å². The molecule has 0 bridgehead atoms. The molecule has 0 saturated carbocycles. The molecular formula is C11H14N2O6. The highest BCUT2D eigenvalue weighted by atomic mass is 16.8. The van der Waals surface area contributed by atoms with Crippen molar-refractivity contribution in [1.29, 1.82) is 0 Å². The van der Waals surface area contributed by atoms with Crippen molar-refractivity contribution in [3.63, 3.8) is 0 Å². The van der Waals surface area contributed by atoms with Crippen LogP contribution >= 0.6 is 0 Å². The summed E-state index contributed by atoms with van der Waals surface area (Å²) >= 11 is 0. The van der Waals surface area contributed by atoms with Gasteiger partial charge in [0, 0.05) is 18.8 Å². The second-order valence-electron chi connectivity index (χ2n) is 4.30. The van der Waals surface area contributed by atoms with Gasteiger partial charge in [-0.25, -0.2) is 4.79 Å². The van der Waals surface area contributed by atoms with Gasteiger partial charge >= 0.3 is 6.16 Å². The van der Waals surface area contributed by atoms with Crippen LogP contribution in [0.1, 0.15) is 12.5 Å². The highest BCUT2D eigenvalue weighted by Crippen LogP contribution is 2.22. The fourth-order valence-electron chi connectivity index (χ4n) is 2.16. The second-order valence-corrected chi connectivity index (χ2v) is 4.30. The Kier molecular flexibility index (Phi) is 3.72. The zero-order chi connectivity index (χ0) is 14.0. The number of rotatable bonds is 2. The van der Waals surface area contributed by atoms with E-state index in [1.54, 1.807) is 0 Å². The monoisotopic (exact) mass is 270 g/mol. The van der Waals surface area contributed by atoms with Crippen LogP contribution in [0, 0.1) is 0 Å². The standard InChI is InChI=1S/C11H14N2O6/c14-7-1-4-13(10(16)5-7)8-2-3-12(6-9(8)15)19-11(17)18/h1,4-5,8-9,14-15H,2-3,6H2,(H,17,18). The zero-order valence-corrected chi connectivity index (χ0v) is 9.97. The molecule has 1 aromatic heterocycles. The van der Waals surface area contributed by atoms with Gasteiger partial charge in [-0.3, -0.25) is 4.79 Å². The first-order valence-corrected chi connectivity index (χ1v) is 5.72. The lowest BCUT2D eigenvalue weighted by molar-refractivity contribution is -0.160. The maximum absolute atomic E-state index is 11.7. The number of hydrogen-bond acceptors (Lipinski definition) is 6. The maximum Gasteiger partial charge on any atom is 0.525 e. The molecular weight excluding hydrogens is 256 g/mol. The number of aliphatic hydroxyl groups is 1. The predicted molar refractivity (Wildman–Crippen MR) is 62.7 cm³/mol. The molecule has 104 valence electrons. The molecule has 1 aromatic rings. The van der Waals surface area contributed by atoms with Gasteiger partial charge in [0.05, 0.1) is 18.7 Å². The van der Waals surface area contributed by atoms with Crippen LogP contribution in [0.2, 0.25) is 0 Å². The van der Waals surface area contributed by atoms with Crippen LogP contribution in [0.4, 0.5) is 4.79 Å². The number of carboxylic acid groups (broad SMARTS) is 1. The fourth-order valence-corrected chi connectivity index (χ4v) is 2.16. The molecule has 1 aliphatic rings. The summed E-state index contributed by atoms with van der Waals surface area (Å²) in [7, 11) is 0. The van der Waals surface area contributed by atoms with E-state index < -0.39 is 23.9 Å². The van der Waals surface area contributed by atoms with E-state index in [1.807, 2.05) is 0 Å². The molecule has 1 aliphatic heterocycles. The van der Waals surface area contributed by atoms with Crippen molar-refractivity contribution in [2.75, 3.05) is 13.1 Å². The van der Waals surface area contributed by atoms with Gasteiger partial charge in [-0.05, 0) is 12.5 Å². The number of carbonyl (C=O) groups is 1. The fraction of sp³-hybridized carbons (Fsp3) is 0.455. The van der Waals surface area contributed by atoms with E-state index in [1.165, 1.54) is 16.8 Å². The molecule has 1 fully saturated rings. The Morgan fingerprint density at radius 2 is 2.21 bits per heavy atom. The van der Waals surface area contributed by atoms with E-state index in [2.05, 4.69) is 4.84 Å². The molecule has 8 nitrogen and oxygen atoms in total. The summed E-state index contributed by atoms with van der Waals surface area (Å²) < 4.78 is 1.32. The molecule has 0 radical (unpaired) electrons. The smallest absolute Gasteiger partial charge is 0.508 e. The molecule has 2 rings (SSSR count). The minimum Gasteiger partial charge on any atom is -0.508 e. The average molecular weight is 270 g/mol. The van der Waals surface area contributed by atoms with Crippen LogP contribution in [-0.2, 0) is 4.84 Å². The van der Waals surface area contributed by atoms with E-state index in [4.69, 9.17) is 5.11 Å². The van der Waals surface area contributed by atoms with Gasteiger partial charge in [0.1, 0.15) is 5.75 Å². The number of piperidine rings is 1. The molecule has 3 N–H and O–H groups in total.